The number of hydrogen-bond acceptors (Lipinski definition) is 4. The Labute approximate surface area is 179 Å². The van der Waals surface area contributed by atoms with Crippen molar-refractivity contribution in [2.24, 2.45) is 0 Å². The van der Waals surface area contributed by atoms with Crippen LogP contribution in [-0.2, 0) is 13.0 Å². The molecule has 5 nitrogen and oxygen atoms in total. The molecule has 4 rings (SSSR count). The third-order valence-electron chi connectivity index (χ3n) is 5.12. The number of aromatic nitrogens is 2. The van der Waals surface area contributed by atoms with E-state index in [4.69, 9.17) is 4.74 Å². The molecule has 0 amide bonds. The minimum atomic E-state index is -0.933. The van der Waals surface area contributed by atoms with E-state index in [-0.39, 0.29) is 24.5 Å². The fourth-order valence-corrected chi connectivity index (χ4v) is 3.48. The van der Waals surface area contributed by atoms with Gasteiger partial charge >= 0.3 is 0 Å². The highest BCUT2D eigenvalue weighted by molar-refractivity contribution is 5.93. The first-order valence-corrected chi connectivity index (χ1v) is 10.2. The van der Waals surface area contributed by atoms with E-state index < -0.39 is 6.10 Å². The first-order valence-electron chi connectivity index (χ1n) is 10.2. The van der Waals surface area contributed by atoms with E-state index in [0.717, 1.165) is 12.0 Å². The molecule has 1 N–H and O–H groups in total. The Balaban J connectivity index is 1.61. The van der Waals surface area contributed by atoms with Crippen LogP contribution in [0.3, 0.4) is 0 Å². The Morgan fingerprint density at radius 3 is 2.52 bits per heavy atom. The van der Waals surface area contributed by atoms with Gasteiger partial charge in [0, 0.05) is 10.9 Å². The van der Waals surface area contributed by atoms with E-state index in [1.165, 1.54) is 16.8 Å². The molecular formula is C25H23FN2O3. The summed E-state index contributed by atoms with van der Waals surface area (Å²) < 4.78 is 20.3. The van der Waals surface area contributed by atoms with Gasteiger partial charge in [-0.1, -0.05) is 37.3 Å². The maximum Gasteiger partial charge on any atom is 0.274 e. The summed E-state index contributed by atoms with van der Waals surface area (Å²) in [7, 11) is 0. The number of aliphatic hydroxyl groups excluding tert-OH is 1. The first kappa shape index (κ1) is 20.8. The topological polar surface area (TPSA) is 64.3 Å². The second kappa shape index (κ2) is 9.10. The minimum Gasteiger partial charge on any atom is -0.491 e. The lowest BCUT2D eigenvalue weighted by molar-refractivity contribution is 0.0882. The maximum absolute atomic E-state index is 13.4. The lowest BCUT2D eigenvalue weighted by Crippen LogP contribution is -2.32. The van der Waals surface area contributed by atoms with Crippen LogP contribution in [0.5, 0.6) is 5.75 Å². The van der Waals surface area contributed by atoms with Crippen LogP contribution in [-0.4, -0.2) is 27.6 Å². The van der Waals surface area contributed by atoms with Crippen molar-refractivity contribution in [1.29, 1.82) is 0 Å². The van der Waals surface area contributed by atoms with Gasteiger partial charge < -0.3 is 9.84 Å². The predicted octanol–water partition coefficient (Wildman–Crippen LogP) is 4.20. The SMILES string of the molecule is CCc1cccc(OC[C@H](O)Cn2nc(-c3ccc(F)cc3)c3ccccc3c2=O)c1. The van der Waals surface area contributed by atoms with E-state index in [0.29, 0.717) is 27.8 Å². The second-order valence-electron chi connectivity index (χ2n) is 7.35. The lowest BCUT2D eigenvalue weighted by atomic mass is 10.1. The molecule has 1 aromatic heterocycles. The average Bonchev–Trinajstić information content (AvgIpc) is 2.80. The highest BCUT2D eigenvalue weighted by Crippen LogP contribution is 2.25. The normalized spacial score (nSPS) is 12.1. The van der Waals surface area contributed by atoms with Crippen LogP contribution in [0.2, 0.25) is 0 Å². The molecular weight excluding hydrogens is 395 g/mol. The van der Waals surface area contributed by atoms with Crippen molar-refractivity contribution < 1.29 is 14.2 Å². The summed E-state index contributed by atoms with van der Waals surface area (Å²) >= 11 is 0. The van der Waals surface area contributed by atoms with E-state index in [1.807, 2.05) is 36.4 Å². The third kappa shape index (κ3) is 4.64. The molecule has 0 spiro atoms. The first-order chi connectivity index (χ1) is 15.0. The van der Waals surface area contributed by atoms with Crippen molar-refractivity contribution in [2.75, 3.05) is 6.61 Å². The Morgan fingerprint density at radius 1 is 1.03 bits per heavy atom. The van der Waals surface area contributed by atoms with E-state index in [2.05, 4.69) is 12.0 Å². The summed E-state index contributed by atoms with van der Waals surface area (Å²) in [4.78, 5) is 12.9. The van der Waals surface area contributed by atoms with Crippen molar-refractivity contribution in [3.05, 3.63) is 94.5 Å². The molecule has 1 heterocycles. The summed E-state index contributed by atoms with van der Waals surface area (Å²) in [5.74, 6) is 0.324. The van der Waals surface area contributed by atoms with Gasteiger partial charge in [-0.15, -0.1) is 0 Å². The van der Waals surface area contributed by atoms with Crippen molar-refractivity contribution >= 4 is 10.8 Å². The molecule has 0 saturated heterocycles. The number of aryl methyl sites for hydroxylation is 1. The number of hydrogen-bond donors (Lipinski definition) is 1. The molecule has 0 aliphatic rings. The predicted molar refractivity (Wildman–Crippen MR) is 119 cm³/mol. The van der Waals surface area contributed by atoms with E-state index >= 15 is 0 Å². The van der Waals surface area contributed by atoms with Gasteiger partial charge in [0.05, 0.1) is 17.6 Å². The molecule has 158 valence electrons. The van der Waals surface area contributed by atoms with Gasteiger partial charge in [0.25, 0.3) is 5.56 Å². The van der Waals surface area contributed by atoms with Gasteiger partial charge in [-0.2, -0.15) is 5.10 Å². The summed E-state index contributed by atoms with van der Waals surface area (Å²) in [6.07, 6.45) is -0.0415. The molecule has 0 bridgehead atoms. The van der Waals surface area contributed by atoms with Crippen LogP contribution < -0.4 is 10.3 Å². The van der Waals surface area contributed by atoms with Gasteiger partial charge in [-0.3, -0.25) is 4.79 Å². The van der Waals surface area contributed by atoms with E-state index in [9.17, 15) is 14.3 Å². The molecule has 31 heavy (non-hydrogen) atoms. The number of ether oxygens (including phenoxy) is 1. The number of halogens is 1. The smallest absolute Gasteiger partial charge is 0.274 e. The molecule has 0 aliphatic carbocycles. The van der Waals surface area contributed by atoms with Crippen LogP contribution in [0, 0.1) is 5.82 Å². The van der Waals surface area contributed by atoms with Gasteiger partial charge in [-0.05, 0) is 54.4 Å². The molecule has 1 atom stereocenters. The van der Waals surface area contributed by atoms with Crippen molar-refractivity contribution in [3.63, 3.8) is 0 Å². The van der Waals surface area contributed by atoms with Crippen LogP contribution in [0.1, 0.15) is 12.5 Å². The molecule has 0 radical (unpaired) electrons. The van der Waals surface area contributed by atoms with Gasteiger partial charge in [-0.25, -0.2) is 9.07 Å². The Hall–Kier alpha value is -3.51. The lowest BCUT2D eigenvalue weighted by Gasteiger charge is -2.16. The molecule has 4 aromatic rings. The Kier molecular flexibility index (Phi) is 6.09. The number of benzene rings is 3. The third-order valence-corrected chi connectivity index (χ3v) is 5.12. The zero-order valence-corrected chi connectivity index (χ0v) is 17.2. The highest BCUT2D eigenvalue weighted by atomic mass is 19.1. The summed E-state index contributed by atoms with van der Waals surface area (Å²) in [5, 5.41) is 16.2. The average molecular weight is 418 g/mol. The molecule has 3 aromatic carbocycles. The van der Waals surface area contributed by atoms with Crippen LogP contribution in [0.25, 0.3) is 22.0 Å². The minimum absolute atomic E-state index is 0.0225. The number of rotatable bonds is 7. The summed E-state index contributed by atoms with van der Waals surface area (Å²) in [6.45, 7) is 2.07. The largest absolute Gasteiger partial charge is 0.491 e. The van der Waals surface area contributed by atoms with Crippen LogP contribution >= 0.6 is 0 Å². The Morgan fingerprint density at radius 2 is 1.77 bits per heavy atom. The zero-order chi connectivity index (χ0) is 21.8. The van der Waals surface area contributed by atoms with Crippen LogP contribution in [0.4, 0.5) is 4.39 Å². The summed E-state index contributed by atoms with van der Waals surface area (Å²) in [6, 6.07) is 20.8. The second-order valence-corrected chi connectivity index (χ2v) is 7.35. The molecule has 6 heteroatoms. The van der Waals surface area contributed by atoms with Gasteiger partial charge in [0.15, 0.2) is 0 Å². The standard InChI is InChI=1S/C25H23FN2O3/c1-2-17-6-5-7-21(14-17)31-16-20(29)15-28-25(30)23-9-4-3-8-22(23)24(27-28)18-10-12-19(26)13-11-18/h3-14,20,29H,2,15-16H2,1H3/t20-/m1/s1. The van der Waals surface area contributed by atoms with Gasteiger partial charge in [0.2, 0.25) is 0 Å². The quantitative estimate of drug-likeness (QED) is 0.488. The van der Waals surface area contributed by atoms with Crippen molar-refractivity contribution in [3.8, 4) is 17.0 Å². The number of aliphatic hydroxyl groups is 1. The number of nitrogens with zero attached hydrogens (tertiary/aromatic N) is 2. The van der Waals surface area contributed by atoms with E-state index in [1.54, 1.807) is 24.3 Å². The number of fused-ring (bicyclic) bond motifs is 1. The molecule has 0 fully saturated rings. The molecule has 0 unspecified atom stereocenters. The molecule has 0 saturated carbocycles. The van der Waals surface area contributed by atoms with Crippen molar-refractivity contribution in [1.82, 2.24) is 9.78 Å². The Bertz CT molecular complexity index is 1250. The van der Waals surface area contributed by atoms with Crippen molar-refractivity contribution in [2.45, 2.75) is 26.0 Å². The fourth-order valence-electron chi connectivity index (χ4n) is 3.48. The van der Waals surface area contributed by atoms with Gasteiger partial charge in [0.1, 0.15) is 24.3 Å². The zero-order valence-electron chi connectivity index (χ0n) is 17.2. The monoisotopic (exact) mass is 418 g/mol. The molecule has 0 aliphatic heterocycles. The summed E-state index contributed by atoms with van der Waals surface area (Å²) in [5.41, 5.74) is 2.09. The maximum atomic E-state index is 13.4. The fraction of sp³-hybridized carbons (Fsp3) is 0.200. The highest BCUT2D eigenvalue weighted by Gasteiger charge is 2.15. The van der Waals surface area contributed by atoms with Crippen LogP contribution in [0.15, 0.2) is 77.6 Å².